The van der Waals surface area contributed by atoms with E-state index in [2.05, 4.69) is 26.1 Å². The Labute approximate surface area is 67.8 Å². The molecule has 0 aromatic rings. The Morgan fingerprint density at radius 3 is 2.27 bits per heavy atom. The first-order chi connectivity index (χ1) is 4.93. The van der Waals surface area contributed by atoms with Crippen LogP contribution < -0.4 is 5.32 Å². The summed E-state index contributed by atoms with van der Waals surface area (Å²) < 4.78 is 0. The van der Waals surface area contributed by atoms with Gasteiger partial charge in [0.15, 0.2) is 0 Å². The first-order valence-corrected chi connectivity index (χ1v) is 3.98. The first kappa shape index (κ1) is 8.53. The third-order valence-electron chi connectivity index (χ3n) is 1.93. The van der Waals surface area contributed by atoms with E-state index in [1.165, 1.54) is 0 Å². The van der Waals surface area contributed by atoms with Gasteiger partial charge in [-0.3, -0.25) is 10.1 Å². The van der Waals surface area contributed by atoms with Crippen LogP contribution in [0.3, 0.4) is 0 Å². The average molecular weight is 156 g/mol. The molecule has 64 valence electrons. The molecule has 1 unspecified atom stereocenters. The molecule has 0 aromatic heterocycles. The molecule has 0 aliphatic carbocycles. The van der Waals surface area contributed by atoms with E-state index < -0.39 is 0 Å². The Kier molecular flexibility index (Phi) is 1.92. The van der Waals surface area contributed by atoms with Gasteiger partial charge in [0.25, 0.3) is 0 Å². The molecule has 11 heavy (non-hydrogen) atoms. The summed E-state index contributed by atoms with van der Waals surface area (Å²) in [6.45, 7) is 8.64. The van der Waals surface area contributed by atoms with Crippen molar-refractivity contribution in [3.05, 3.63) is 0 Å². The Morgan fingerprint density at radius 1 is 1.55 bits per heavy atom. The molecule has 1 aliphatic rings. The number of amides is 1. The fourth-order valence-corrected chi connectivity index (χ4v) is 1.58. The molecule has 3 heteroatoms. The van der Waals surface area contributed by atoms with Crippen molar-refractivity contribution in [1.82, 2.24) is 10.2 Å². The number of nitrogens with one attached hydrogen (secondary N) is 1. The lowest BCUT2D eigenvalue weighted by Crippen LogP contribution is -2.47. The highest BCUT2D eigenvalue weighted by molar-refractivity contribution is 5.81. The zero-order valence-corrected chi connectivity index (χ0v) is 7.64. The normalized spacial score (nSPS) is 26.4. The quantitative estimate of drug-likeness (QED) is 0.556. The van der Waals surface area contributed by atoms with Crippen LogP contribution >= 0.6 is 0 Å². The van der Waals surface area contributed by atoms with Gasteiger partial charge in [-0.15, -0.1) is 0 Å². The van der Waals surface area contributed by atoms with Crippen molar-refractivity contribution in [2.45, 2.75) is 39.4 Å². The van der Waals surface area contributed by atoms with E-state index in [1.807, 2.05) is 11.8 Å². The molecule has 1 aliphatic heterocycles. The Bertz CT molecular complexity index is 171. The number of carbonyl (C=O) groups excluding carboxylic acids is 1. The Balaban J connectivity index is 2.77. The van der Waals surface area contributed by atoms with E-state index in [0.717, 1.165) is 0 Å². The van der Waals surface area contributed by atoms with Gasteiger partial charge in [0.1, 0.15) is 0 Å². The van der Waals surface area contributed by atoms with Gasteiger partial charge >= 0.3 is 0 Å². The highest BCUT2D eigenvalue weighted by atomic mass is 16.2. The second-order valence-corrected chi connectivity index (χ2v) is 3.99. The molecule has 0 saturated carbocycles. The van der Waals surface area contributed by atoms with Crippen LogP contribution in [0.2, 0.25) is 0 Å². The molecule has 0 bridgehead atoms. The fourth-order valence-electron chi connectivity index (χ4n) is 1.58. The Morgan fingerprint density at radius 2 is 2.09 bits per heavy atom. The molecular formula is C8H16N2O. The highest BCUT2D eigenvalue weighted by Crippen LogP contribution is 2.18. The zero-order valence-electron chi connectivity index (χ0n) is 7.64. The van der Waals surface area contributed by atoms with Crippen LogP contribution in [0.15, 0.2) is 0 Å². The number of hydrogen-bond donors (Lipinski definition) is 1. The van der Waals surface area contributed by atoms with E-state index in [1.54, 1.807) is 0 Å². The van der Waals surface area contributed by atoms with Crippen molar-refractivity contribution in [2.24, 2.45) is 0 Å². The summed E-state index contributed by atoms with van der Waals surface area (Å²) in [4.78, 5) is 13.2. The van der Waals surface area contributed by atoms with Crippen LogP contribution in [-0.4, -0.2) is 29.1 Å². The van der Waals surface area contributed by atoms with Gasteiger partial charge in [0.2, 0.25) is 5.91 Å². The predicted octanol–water partition coefficient (Wildman–Crippen LogP) is 0.563. The summed E-state index contributed by atoms with van der Waals surface area (Å²) in [5, 5.41) is 3.10. The number of carbonyl (C=O) groups is 1. The standard InChI is InChI=1S/C8H16N2O/c1-6-9-5-7(11)10(6)8(2,3)4/h6,9H,5H2,1-4H3. The minimum Gasteiger partial charge on any atom is -0.322 e. The highest BCUT2D eigenvalue weighted by Gasteiger charge is 2.34. The van der Waals surface area contributed by atoms with Gasteiger partial charge in [-0.1, -0.05) is 0 Å². The van der Waals surface area contributed by atoms with Crippen molar-refractivity contribution < 1.29 is 4.79 Å². The summed E-state index contributed by atoms with van der Waals surface area (Å²) in [5.41, 5.74) is -0.0556. The van der Waals surface area contributed by atoms with Crippen LogP contribution in [0.25, 0.3) is 0 Å². The van der Waals surface area contributed by atoms with Gasteiger partial charge in [0, 0.05) is 5.54 Å². The first-order valence-electron chi connectivity index (χ1n) is 3.98. The van der Waals surface area contributed by atoms with Gasteiger partial charge in [-0.25, -0.2) is 0 Å². The molecule has 1 N–H and O–H groups in total. The van der Waals surface area contributed by atoms with Crippen molar-refractivity contribution in [3.8, 4) is 0 Å². The van der Waals surface area contributed by atoms with Gasteiger partial charge < -0.3 is 4.90 Å². The zero-order chi connectivity index (χ0) is 8.65. The minimum absolute atomic E-state index is 0.0556. The van der Waals surface area contributed by atoms with Crippen molar-refractivity contribution in [2.75, 3.05) is 6.54 Å². The topological polar surface area (TPSA) is 32.3 Å². The molecule has 1 fully saturated rings. The van der Waals surface area contributed by atoms with Crippen LogP contribution in [-0.2, 0) is 4.79 Å². The maximum Gasteiger partial charge on any atom is 0.238 e. The fraction of sp³-hybridized carbons (Fsp3) is 0.875. The van der Waals surface area contributed by atoms with E-state index in [9.17, 15) is 4.79 Å². The van der Waals surface area contributed by atoms with Gasteiger partial charge in [-0.05, 0) is 27.7 Å². The average Bonchev–Trinajstić information content (AvgIpc) is 2.08. The van der Waals surface area contributed by atoms with Gasteiger partial charge in [0.05, 0.1) is 12.7 Å². The molecule has 1 atom stereocenters. The van der Waals surface area contributed by atoms with Crippen LogP contribution in [0, 0.1) is 0 Å². The van der Waals surface area contributed by atoms with Gasteiger partial charge in [-0.2, -0.15) is 0 Å². The number of nitrogens with zero attached hydrogens (tertiary/aromatic N) is 1. The smallest absolute Gasteiger partial charge is 0.238 e. The molecular weight excluding hydrogens is 140 g/mol. The van der Waals surface area contributed by atoms with Crippen molar-refractivity contribution >= 4 is 5.91 Å². The molecule has 1 saturated heterocycles. The SMILES string of the molecule is CC1NCC(=O)N1C(C)(C)C. The lowest BCUT2D eigenvalue weighted by molar-refractivity contribution is -0.132. The molecule has 3 nitrogen and oxygen atoms in total. The van der Waals surface area contributed by atoms with Crippen LogP contribution in [0.5, 0.6) is 0 Å². The maximum atomic E-state index is 11.3. The predicted molar refractivity (Wildman–Crippen MR) is 44.1 cm³/mol. The molecule has 0 spiro atoms. The second-order valence-electron chi connectivity index (χ2n) is 3.99. The molecule has 1 rings (SSSR count). The van der Waals surface area contributed by atoms with Crippen molar-refractivity contribution in [1.29, 1.82) is 0 Å². The number of hydrogen-bond acceptors (Lipinski definition) is 2. The molecule has 0 radical (unpaired) electrons. The third-order valence-corrected chi connectivity index (χ3v) is 1.93. The Hall–Kier alpha value is -0.570. The summed E-state index contributed by atoms with van der Waals surface area (Å²) in [6.07, 6.45) is 0.183. The van der Waals surface area contributed by atoms with E-state index >= 15 is 0 Å². The van der Waals surface area contributed by atoms with Crippen LogP contribution in [0.4, 0.5) is 0 Å². The third kappa shape index (κ3) is 1.53. The van der Waals surface area contributed by atoms with E-state index in [4.69, 9.17) is 0 Å². The maximum absolute atomic E-state index is 11.3. The lowest BCUT2D eigenvalue weighted by atomic mass is 10.1. The minimum atomic E-state index is -0.0556. The summed E-state index contributed by atoms with van der Waals surface area (Å²) >= 11 is 0. The van der Waals surface area contributed by atoms with E-state index in [0.29, 0.717) is 6.54 Å². The monoisotopic (exact) mass is 156 g/mol. The van der Waals surface area contributed by atoms with Crippen LogP contribution in [0.1, 0.15) is 27.7 Å². The second kappa shape index (κ2) is 2.48. The number of rotatable bonds is 0. The summed E-state index contributed by atoms with van der Waals surface area (Å²) in [6, 6.07) is 0. The largest absolute Gasteiger partial charge is 0.322 e. The summed E-state index contributed by atoms with van der Waals surface area (Å²) in [7, 11) is 0. The molecule has 1 heterocycles. The molecule has 1 amide bonds. The van der Waals surface area contributed by atoms with E-state index in [-0.39, 0.29) is 17.6 Å². The lowest BCUT2D eigenvalue weighted by Gasteiger charge is -2.34. The van der Waals surface area contributed by atoms with Crippen molar-refractivity contribution in [3.63, 3.8) is 0 Å². The summed E-state index contributed by atoms with van der Waals surface area (Å²) in [5.74, 6) is 0.199. The molecule has 0 aromatic carbocycles.